The van der Waals surface area contributed by atoms with Crippen molar-refractivity contribution in [1.82, 2.24) is 0 Å². The standard InChI is InChI=1S/C13H16BrNO3/c1-2-3-7-13(17)18-9-12(16)15-11-6-4-5-10(14)8-11/h4-6,8H,2-3,7,9H2,1H3,(H,15,16). The summed E-state index contributed by atoms with van der Waals surface area (Å²) in [5.74, 6) is -0.667. The van der Waals surface area contributed by atoms with Gasteiger partial charge in [-0.3, -0.25) is 9.59 Å². The van der Waals surface area contributed by atoms with E-state index in [1.807, 2.05) is 19.1 Å². The molecule has 5 heteroatoms. The average molecular weight is 314 g/mol. The van der Waals surface area contributed by atoms with Crippen LogP contribution in [0, 0.1) is 0 Å². The normalized spacial score (nSPS) is 9.89. The SMILES string of the molecule is CCCCC(=O)OCC(=O)Nc1cccc(Br)c1. The maximum Gasteiger partial charge on any atom is 0.306 e. The van der Waals surface area contributed by atoms with E-state index < -0.39 is 0 Å². The van der Waals surface area contributed by atoms with Gasteiger partial charge in [0.1, 0.15) is 0 Å². The van der Waals surface area contributed by atoms with Crippen molar-refractivity contribution in [2.24, 2.45) is 0 Å². The van der Waals surface area contributed by atoms with E-state index in [1.54, 1.807) is 12.1 Å². The molecule has 18 heavy (non-hydrogen) atoms. The molecule has 0 saturated heterocycles. The van der Waals surface area contributed by atoms with Crippen molar-refractivity contribution in [1.29, 1.82) is 0 Å². The Morgan fingerprint density at radius 2 is 2.17 bits per heavy atom. The van der Waals surface area contributed by atoms with Crippen molar-refractivity contribution < 1.29 is 14.3 Å². The molecule has 1 aromatic carbocycles. The summed E-state index contributed by atoms with van der Waals surface area (Å²) < 4.78 is 5.72. The zero-order valence-corrected chi connectivity index (χ0v) is 11.8. The highest BCUT2D eigenvalue weighted by molar-refractivity contribution is 9.10. The van der Waals surface area contributed by atoms with E-state index in [0.29, 0.717) is 12.1 Å². The van der Waals surface area contributed by atoms with E-state index in [4.69, 9.17) is 4.74 Å². The average Bonchev–Trinajstić information content (AvgIpc) is 2.34. The number of unbranched alkanes of at least 4 members (excludes halogenated alkanes) is 1. The number of nitrogens with one attached hydrogen (secondary N) is 1. The van der Waals surface area contributed by atoms with Gasteiger partial charge in [-0.25, -0.2) is 0 Å². The Labute approximate surface area is 115 Å². The summed E-state index contributed by atoms with van der Waals surface area (Å²) in [5, 5.41) is 2.65. The number of rotatable bonds is 6. The molecule has 0 fully saturated rings. The first-order valence-electron chi connectivity index (χ1n) is 5.83. The minimum Gasteiger partial charge on any atom is -0.456 e. The monoisotopic (exact) mass is 313 g/mol. The van der Waals surface area contributed by atoms with Crippen LogP contribution in [0.4, 0.5) is 5.69 Å². The van der Waals surface area contributed by atoms with Crippen molar-refractivity contribution in [2.45, 2.75) is 26.2 Å². The molecule has 1 aromatic rings. The van der Waals surface area contributed by atoms with E-state index in [0.717, 1.165) is 17.3 Å². The maximum absolute atomic E-state index is 11.5. The number of hydrogen-bond donors (Lipinski definition) is 1. The Balaban J connectivity index is 2.31. The first-order valence-corrected chi connectivity index (χ1v) is 6.62. The van der Waals surface area contributed by atoms with Crippen LogP contribution in [-0.2, 0) is 14.3 Å². The zero-order valence-electron chi connectivity index (χ0n) is 10.2. The van der Waals surface area contributed by atoms with E-state index in [1.165, 1.54) is 0 Å². The van der Waals surface area contributed by atoms with Gasteiger partial charge in [0.15, 0.2) is 6.61 Å². The summed E-state index contributed by atoms with van der Waals surface area (Å²) in [6.45, 7) is 1.75. The molecule has 1 N–H and O–H groups in total. The molecule has 0 aliphatic rings. The third-order valence-corrected chi connectivity index (χ3v) is 2.70. The predicted octanol–water partition coefficient (Wildman–Crippen LogP) is 3.12. The molecule has 0 spiro atoms. The summed E-state index contributed by atoms with van der Waals surface area (Å²) in [4.78, 5) is 22.7. The summed E-state index contributed by atoms with van der Waals surface area (Å²) >= 11 is 3.31. The second-order valence-electron chi connectivity index (χ2n) is 3.82. The number of amides is 1. The van der Waals surface area contributed by atoms with Crippen LogP contribution in [0.1, 0.15) is 26.2 Å². The Bertz CT molecular complexity index is 420. The fourth-order valence-electron chi connectivity index (χ4n) is 1.30. The molecule has 0 aliphatic carbocycles. The fourth-order valence-corrected chi connectivity index (χ4v) is 1.70. The third-order valence-electron chi connectivity index (χ3n) is 2.21. The number of halogens is 1. The molecule has 0 aliphatic heterocycles. The molecule has 1 amide bonds. The molecule has 0 radical (unpaired) electrons. The predicted molar refractivity (Wildman–Crippen MR) is 73.3 cm³/mol. The number of hydrogen-bond acceptors (Lipinski definition) is 3. The highest BCUT2D eigenvalue weighted by Crippen LogP contribution is 2.15. The van der Waals surface area contributed by atoms with Crippen molar-refractivity contribution in [3.8, 4) is 0 Å². The Hall–Kier alpha value is -1.36. The highest BCUT2D eigenvalue weighted by Gasteiger charge is 2.07. The van der Waals surface area contributed by atoms with Gasteiger partial charge in [0.05, 0.1) is 0 Å². The number of anilines is 1. The minimum atomic E-state index is -0.335. The Morgan fingerprint density at radius 3 is 2.83 bits per heavy atom. The van der Waals surface area contributed by atoms with Gasteiger partial charge in [0.25, 0.3) is 5.91 Å². The van der Waals surface area contributed by atoms with Gasteiger partial charge >= 0.3 is 5.97 Å². The number of carbonyl (C=O) groups is 2. The lowest BCUT2D eigenvalue weighted by molar-refractivity contribution is -0.147. The molecule has 1 rings (SSSR count). The number of carbonyl (C=O) groups excluding carboxylic acids is 2. The van der Waals surface area contributed by atoms with Gasteiger partial charge in [-0.15, -0.1) is 0 Å². The molecule has 0 bridgehead atoms. The van der Waals surface area contributed by atoms with Crippen LogP contribution in [0.5, 0.6) is 0 Å². The van der Waals surface area contributed by atoms with Gasteiger partial charge in [-0.05, 0) is 24.6 Å². The number of esters is 1. The first-order chi connectivity index (χ1) is 8.61. The van der Waals surface area contributed by atoms with Crippen LogP contribution in [-0.4, -0.2) is 18.5 Å². The third kappa shape index (κ3) is 5.82. The molecular weight excluding hydrogens is 298 g/mol. The lowest BCUT2D eigenvalue weighted by Gasteiger charge is -2.06. The van der Waals surface area contributed by atoms with Crippen LogP contribution in [0.25, 0.3) is 0 Å². The van der Waals surface area contributed by atoms with Crippen LogP contribution < -0.4 is 5.32 Å². The van der Waals surface area contributed by atoms with Crippen molar-refractivity contribution in [2.75, 3.05) is 11.9 Å². The largest absolute Gasteiger partial charge is 0.456 e. The lowest BCUT2D eigenvalue weighted by Crippen LogP contribution is -2.20. The second kappa shape index (κ2) is 7.87. The van der Waals surface area contributed by atoms with E-state index in [2.05, 4.69) is 21.2 Å². The summed E-state index contributed by atoms with van der Waals surface area (Å²) in [5.41, 5.74) is 0.666. The number of benzene rings is 1. The van der Waals surface area contributed by atoms with E-state index in [-0.39, 0.29) is 18.5 Å². The summed E-state index contributed by atoms with van der Waals surface area (Å²) in [6.07, 6.45) is 2.08. The Kier molecular flexibility index (Phi) is 6.43. The van der Waals surface area contributed by atoms with E-state index in [9.17, 15) is 9.59 Å². The van der Waals surface area contributed by atoms with Crippen LogP contribution >= 0.6 is 15.9 Å². The van der Waals surface area contributed by atoms with Gasteiger partial charge < -0.3 is 10.1 Å². The quantitative estimate of drug-likeness (QED) is 0.821. The molecule has 0 unspecified atom stereocenters. The van der Waals surface area contributed by atoms with Crippen LogP contribution in [0.15, 0.2) is 28.7 Å². The van der Waals surface area contributed by atoms with Crippen molar-refractivity contribution in [3.05, 3.63) is 28.7 Å². The molecule has 0 atom stereocenters. The topological polar surface area (TPSA) is 55.4 Å². The number of ether oxygens (including phenoxy) is 1. The van der Waals surface area contributed by atoms with Crippen LogP contribution in [0.2, 0.25) is 0 Å². The van der Waals surface area contributed by atoms with Gasteiger partial charge in [0.2, 0.25) is 0 Å². The maximum atomic E-state index is 11.5. The smallest absolute Gasteiger partial charge is 0.306 e. The summed E-state index contributed by atoms with van der Waals surface area (Å²) in [7, 11) is 0. The minimum absolute atomic E-state index is 0.241. The summed E-state index contributed by atoms with van der Waals surface area (Å²) in [6, 6.07) is 7.21. The first kappa shape index (κ1) is 14.7. The highest BCUT2D eigenvalue weighted by atomic mass is 79.9. The molecule has 0 aromatic heterocycles. The van der Waals surface area contributed by atoms with Crippen molar-refractivity contribution in [3.63, 3.8) is 0 Å². The van der Waals surface area contributed by atoms with E-state index >= 15 is 0 Å². The molecule has 0 heterocycles. The molecule has 0 saturated carbocycles. The zero-order chi connectivity index (χ0) is 13.4. The van der Waals surface area contributed by atoms with Gasteiger partial charge in [-0.2, -0.15) is 0 Å². The van der Waals surface area contributed by atoms with Crippen LogP contribution in [0.3, 0.4) is 0 Å². The second-order valence-corrected chi connectivity index (χ2v) is 4.74. The van der Waals surface area contributed by atoms with Gasteiger partial charge in [-0.1, -0.05) is 35.3 Å². The lowest BCUT2D eigenvalue weighted by atomic mass is 10.2. The molecule has 4 nitrogen and oxygen atoms in total. The molecule has 98 valence electrons. The Morgan fingerprint density at radius 1 is 1.39 bits per heavy atom. The molecular formula is C13H16BrNO3. The van der Waals surface area contributed by atoms with Gasteiger partial charge in [0, 0.05) is 16.6 Å². The van der Waals surface area contributed by atoms with Crippen molar-refractivity contribution >= 4 is 33.5 Å². The fraction of sp³-hybridized carbons (Fsp3) is 0.385.